The first kappa shape index (κ1) is 13.9. The van der Waals surface area contributed by atoms with E-state index in [-0.39, 0.29) is 28.9 Å². The highest BCUT2D eigenvalue weighted by Crippen LogP contribution is 2.27. The Hall–Kier alpha value is -2.55. The number of nitro groups is 1. The molecule has 0 amide bonds. The topological polar surface area (TPSA) is 131 Å². The first-order valence-electron chi connectivity index (χ1n) is 5.66. The number of carbonyl (C=O) groups is 1. The molecule has 0 bridgehead atoms. The number of hydrogen-bond acceptors (Lipinski definition) is 6. The summed E-state index contributed by atoms with van der Waals surface area (Å²) in [5.41, 5.74) is -1.29. The van der Waals surface area contributed by atoms with E-state index in [4.69, 9.17) is 0 Å². The Labute approximate surface area is 112 Å². The molecule has 0 aliphatic carbocycles. The molecular formula is C11H12N4O5. The lowest BCUT2D eigenvalue weighted by Crippen LogP contribution is -2.32. The summed E-state index contributed by atoms with van der Waals surface area (Å²) in [6.07, 6.45) is 0. The summed E-state index contributed by atoms with van der Waals surface area (Å²) in [7, 11) is 0. The van der Waals surface area contributed by atoms with Crippen LogP contribution >= 0.6 is 0 Å². The highest BCUT2D eigenvalue weighted by Gasteiger charge is 2.28. The second-order valence-corrected chi connectivity index (χ2v) is 4.90. The first-order valence-corrected chi connectivity index (χ1v) is 5.66. The van der Waals surface area contributed by atoms with Crippen molar-refractivity contribution >= 4 is 22.7 Å². The largest absolute Gasteiger partial charge is 0.478 e. The number of aromatic carboxylic acids is 1. The average molecular weight is 280 g/mol. The second kappa shape index (κ2) is 4.53. The third-order valence-electron chi connectivity index (χ3n) is 2.93. The van der Waals surface area contributed by atoms with Gasteiger partial charge in [-0.15, -0.1) is 5.10 Å². The zero-order valence-electron chi connectivity index (χ0n) is 10.8. The summed E-state index contributed by atoms with van der Waals surface area (Å²) in [6.45, 7) is 3.00. The molecule has 1 aromatic carbocycles. The quantitative estimate of drug-likeness (QED) is 0.624. The molecule has 2 rings (SSSR count). The summed E-state index contributed by atoms with van der Waals surface area (Å²) in [4.78, 5) is 21.4. The van der Waals surface area contributed by atoms with Crippen molar-refractivity contribution in [1.82, 2.24) is 15.0 Å². The van der Waals surface area contributed by atoms with Gasteiger partial charge in [0.25, 0.3) is 5.69 Å². The van der Waals surface area contributed by atoms with Crippen LogP contribution in [0.15, 0.2) is 12.1 Å². The number of non-ortho nitro benzene ring substituents is 1. The van der Waals surface area contributed by atoms with E-state index >= 15 is 0 Å². The number of carboxylic acid groups (broad SMARTS) is 1. The van der Waals surface area contributed by atoms with Crippen molar-refractivity contribution in [3.63, 3.8) is 0 Å². The molecule has 0 fully saturated rings. The van der Waals surface area contributed by atoms with Crippen molar-refractivity contribution < 1.29 is 19.9 Å². The van der Waals surface area contributed by atoms with Crippen molar-refractivity contribution in [3.8, 4) is 0 Å². The molecule has 0 saturated heterocycles. The molecule has 0 spiro atoms. The summed E-state index contributed by atoms with van der Waals surface area (Å²) in [6, 6.07) is 2.11. The Morgan fingerprint density at radius 2 is 2.15 bits per heavy atom. The van der Waals surface area contributed by atoms with Crippen LogP contribution in [0.25, 0.3) is 11.0 Å². The molecule has 20 heavy (non-hydrogen) atoms. The summed E-state index contributed by atoms with van der Waals surface area (Å²) in [5, 5.41) is 36.9. The van der Waals surface area contributed by atoms with Crippen molar-refractivity contribution in [1.29, 1.82) is 0 Å². The van der Waals surface area contributed by atoms with Gasteiger partial charge in [0.1, 0.15) is 11.0 Å². The van der Waals surface area contributed by atoms with Gasteiger partial charge in [-0.05, 0) is 13.8 Å². The van der Waals surface area contributed by atoms with Crippen LogP contribution in [0.5, 0.6) is 0 Å². The summed E-state index contributed by atoms with van der Waals surface area (Å²) in [5.74, 6) is -1.32. The van der Waals surface area contributed by atoms with Crippen LogP contribution in [-0.4, -0.2) is 42.7 Å². The molecule has 0 atom stereocenters. The minimum absolute atomic E-state index is 0.0955. The molecule has 9 nitrogen and oxygen atoms in total. The molecule has 0 saturated carbocycles. The highest BCUT2D eigenvalue weighted by atomic mass is 16.6. The number of fused-ring (bicyclic) bond motifs is 1. The molecule has 0 aliphatic heterocycles. The van der Waals surface area contributed by atoms with Crippen molar-refractivity contribution in [3.05, 3.63) is 27.8 Å². The first-order chi connectivity index (χ1) is 9.27. The molecule has 0 aliphatic rings. The zero-order chi connectivity index (χ0) is 15.1. The molecule has 9 heteroatoms. The normalized spacial score (nSPS) is 11.8. The minimum atomic E-state index is -1.32. The number of nitrogens with zero attached hydrogens (tertiary/aromatic N) is 4. The fourth-order valence-corrected chi connectivity index (χ4v) is 1.80. The van der Waals surface area contributed by atoms with E-state index < -0.39 is 16.4 Å². The number of nitro benzene ring substituents is 1. The van der Waals surface area contributed by atoms with E-state index in [0.717, 1.165) is 12.1 Å². The van der Waals surface area contributed by atoms with Gasteiger partial charge in [-0.2, -0.15) is 0 Å². The Morgan fingerprint density at radius 3 is 2.65 bits per heavy atom. The van der Waals surface area contributed by atoms with Crippen molar-refractivity contribution in [2.45, 2.75) is 19.4 Å². The number of rotatable bonds is 4. The molecule has 1 heterocycles. The van der Waals surface area contributed by atoms with Gasteiger partial charge in [-0.3, -0.25) is 10.1 Å². The predicted molar refractivity (Wildman–Crippen MR) is 67.5 cm³/mol. The second-order valence-electron chi connectivity index (χ2n) is 4.90. The van der Waals surface area contributed by atoms with E-state index in [2.05, 4.69) is 10.3 Å². The van der Waals surface area contributed by atoms with Crippen LogP contribution in [-0.2, 0) is 5.54 Å². The Balaban J connectivity index is 2.84. The molecule has 2 aromatic rings. The molecule has 106 valence electrons. The monoisotopic (exact) mass is 280 g/mol. The van der Waals surface area contributed by atoms with Crippen LogP contribution < -0.4 is 0 Å². The standard InChI is InChI=1S/C11H12N4O5/c1-11(2,5-16)14-9-7(10(17)18)3-6(15(19)20)4-8(9)12-13-14/h3-4,16H,5H2,1-2H3,(H,17,18). The zero-order valence-corrected chi connectivity index (χ0v) is 10.8. The van der Waals surface area contributed by atoms with Crippen LogP contribution in [0.3, 0.4) is 0 Å². The predicted octanol–water partition coefficient (Wildman–Crippen LogP) is 0.765. The van der Waals surface area contributed by atoms with Crippen LogP contribution in [0, 0.1) is 10.1 Å². The molecule has 2 N–H and O–H groups in total. The maximum absolute atomic E-state index is 11.3. The molecular weight excluding hydrogens is 268 g/mol. The smallest absolute Gasteiger partial charge is 0.338 e. The Morgan fingerprint density at radius 1 is 1.50 bits per heavy atom. The third-order valence-corrected chi connectivity index (χ3v) is 2.93. The van der Waals surface area contributed by atoms with Gasteiger partial charge in [-0.25, -0.2) is 9.48 Å². The van der Waals surface area contributed by atoms with Gasteiger partial charge in [0, 0.05) is 12.1 Å². The summed E-state index contributed by atoms with van der Waals surface area (Å²) < 4.78 is 1.26. The lowest BCUT2D eigenvalue weighted by Gasteiger charge is -2.22. The van der Waals surface area contributed by atoms with Gasteiger partial charge in [0.15, 0.2) is 0 Å². The van der Waals surface area contributed by atoms with E-state index in [1.807, 2.05) is 0 Å². The maximum Gasteiger partial charge on any atom is 0.338 e. The van der Waals surface area contributed by atoms with Crippen molar-refractivity contribution in [2.24, 2.45) is 0 Å². The lowest BCUT2D eigenvalue weighted by molar-refractivity contribution is -0.384. The van der Waals surface area contributed by atoms with Gasteiger partial charge in [-0.1, -0.05) is 5.21 Å². The van der Waals surface area contributed by atoms with E-state index in [9.17, 15) is 25.1 Å². The maximum atomic E-state index is 11.3. The molecule has 1 aromatic heterocycles. The van der Waals surface area contributed by atoms with E-state index in [1.54, 1.807) is 13.8 Å². The number of aliphatic hydroxyl groups is 1. The Bertz CT molecular complexity index is 706. The van der Waals surface area contributed by atoms with Crippen molar-refractivity contribution in [2.75, 3.05) is 6.61 Å². The van der Waals surface area contributed by atoms with Gasteiger partial charge in [0.05, 0.1) is 22.6 Å². The number of aromatic nitrogens is 3. The molecule has 0 unspecified atom stereocenters. The van der Waals surface area contributed by atoms with Gasteiger partial charge < -0.3 is 10.2 Å². The Kier molecular flexibility index (Phi) is 3.14. The van der Waals surface area contributed by atoms with Crippen LogP contribution in [0.1, 0.15) is 24.2 Å². The number of benzene rings is 1. The highest BCUT2D eigenvalue weighted by molar-refractivity contribution is 6.02. The fraction of sp³-hybridized carbons (Fsp3) is 0.364. The fourth-order valence-electron chi connectivity index (χ4n) is 1.80. The number of aliphatic hydroxyl groups excluding tert-OH is 1. The molecule has 0 radical (unpaired) electrons. The van der Waals surface area contributed by atoms with Crippen LogP contribution in [0.2, 0.25) is 0 Å². The SMILES string of the molecule is CC(C)(CO)n1nnc2cc([N+](=O)[O-])cc(C(=O)O)c21. The van der Waals surface area contributed by atoms with Gasteiger partial charge >= 0.3 is 5.97 Å². The van der Waals surface area contributed by atoms with E-state index in [0.29, 0.717) is 0 Å². The number of hydrogen-bond donors (Lipinski definition) is 2. The van der Waals surface area contributed by atoms with E-state index in [1.165, 1.54) is 4.68 Å². The average Bonchev–Trinajstić information content (AvgIpc) is 2.81. The summed E-state index contributed by atoms with van der Waals surface area (Å²) >= 11 is 0. The number of carboxylic acids is 1. The lowest BCUT2D eigenvalue weighted by atomic mass is 10.1. The van der Waals surface area contributed by atoms with Crippen LogP contribution in [0.4, 0.5) is 5.69 Å². The third kappa shape index (κ3) is 2.07. The minimum Gasteiger partial charge on any atom is -0.478 e. The van der Waals surface area contributed by atoms with Gasteiger partial charge in [0.2, 0.25) is 0 Å².